The third-order valence-electron chi connectivity index (χ3n) is 4.99. The van der Waals surface area contributed by atoms with E-state index in [4.69, 9.17) is 23.2 Å². The Kier molecular flexibility index (Phi) is 7.23. The van der Waals surface area contributed by atoms with E-state index in [-0.39, 0.29) is 26.3 Å². The van der Waals surface area contributed by atoms with Crippen LogP contribution >= 0.6 is 23.2 Å². The summed E-state index contributed by atoms with van der Waals surface area (Å²) < 4.78 is 28.5. The highest BCUT2D eigenvalue weighted by molar-refractivity contribution is 7.89. The maximum atomic E-state index is 13.1. The van der Waals surface area contributed by atoms with Crippen LogP contribution in [-0.2, 0) is 19.6 Å². The molecule has 0 saturated carbocycles. The lowest BCUT2D eigenvalue weighted by Crippen LogP contribution is -2.46. The van der Waals surface area contributed by atoms with E-state index in [1.54, 1.807) is 0 Å². The number of hydrogen-bond acceptors (Lipinski definition) is 6. The summed E-state index contributed by atoms with van der Waals surface area (Å²) in [6, 6.07) is 6.85. The molecule has 11 heteroatoms. The number of phenols is 1. The van der Waals surface area contributed by atoms with Crippen LogP contribution in [0, 0.1) is 5.92 Å². The predicted molar refractivity (Wildman–Crippen MR) is 115 cm³/mol. The van der Waals surface area contributed by atoms with E-state index in [0.717, 1.165) is 0 Å². The zero-order valence-electron chi connectivity index (χ0n) is 16.1. The summed E-state index contributed by atoms with van der Waals surface area (Å²) in [5, 5.41) is 22.6. The van der Waals surface area contributed by atoms with Gasteiger partial charge in [0.1, 0.15) is 11.7 Å². The summed E-state index contributed by atoms with van der Waals surface area (Å²) in [7, 11) is -4.32. The molecule has 8 nitrogen and oxygen atoms in total. The normalized spacial score (nSPS) is 18.5. The maximum absolute atomic E-state index is 13.1. The molecular formula is C20H20Cl2N2O6S. The molecule has 3 atom stereocenters. The molecule has 2 aromatic carbocycles. The number of nitrogens with one attached hydrogen (secondary N) is 2. The van der Waals surface area contributed by atoms with Gasteiger partial charge in [0.2, 0.25) is 10.0 Å². The van der Waals surface area contributed by atoms with Crippen molar-refractivity contribution in [1.82, 2.24) is 10.0 Å². The van der Waals surface area contributed by atoms with E-state index in [1.165, 1.54) is 42.5 Å². The van der Waals surface area contributed by atoms with E-state index >= 15 is 0 Å². The molecule has 166 valence electrons. The second-order valence-electron chi connectivity index (χ2n) is 7.16. The first-order valence-corrected chi connectivity index (χ1v) is 11.6. The van der Waals surface area contributed by atoms with E-state index < -0.39 is 39.8 Å². The Morgan fingerprint density at radius 1 is 1.10 bits per heavy atom. The van der Waals surface area contributed by atoms with Crippen molar-refractivity contribution in [3.63, 3.8) is 0 Å². The molecule has 1 aliphatic heterocycles. The molecule has 31 heavy (non-hydrogen) atoms. The molecule has 0 radical (unpaired) electrons. The van der Waals surface area contributed by atoms with Gasteiger partial charge < -0.3 is 15.5 Å². The Morgan fingerprint density at radius 3 is 2.23 bits per heavy atom. The zero-order chi connectivity index (χ0) is 22.8. The van der Waals surface area contributed by atoms with Crippen LogP contribution in [0.4, 0.5) is 0 Å². The quantitative estimate of drug-likeness (QED) is 0.421. The summed E-state index contributed by atoms with van der Waals surface area (Å²) in [6.45, 7) is 0.569. The fraction of sp³-hybridized carbons (Fsp3) is 0.300. The number of aliphatic carboxylic acids is 1. The van der Waals surface area contributed by atoms with Crippen LogP contribution in [0.2, 0.25) is 10.0 Å². The van der Waals surface area contributed by atoms with Crippen molar-refractivity contribution >= 4 is 45.0 Å². The summed E-state index contributed by atoms with van der Waals surface area (Å²) in [4.78, 5) is 24.9. The van der Waals surface area contributed by atoms with E-state index in [0.29, 0.717) is 19.4 Å². The van der Waals surface area contributed by atoms with E-state index in [2.05, 4.69) is 10.0 Å². The van der Waals surface area contributed by atoms with Crippen molar-refractivity contribution in [2.75, 3.05) is 6.54 Å². The van der Waals surface area contributed by atoms with Gasteiger partial charge in [0.15, 0.2) is 5.78 Å². The van der Waals surface area contributed by atoms with Gasteiger partial charge in [-0.15, -0.1) is 0 Å². The van der Waals surface area contributed by atoms with Crippen molar-refractivity contribution in [2.45, 2.75) is 29.8 Å². The van der Waals surface area contributed by atoms with E-state index in [9.17, 15) is 28.2 Å². The second-order valence-corrected chi connectivity index (χ2v) is 9.75. The van der Waals surface area contributed by atoms with Crippen molar-refractivity contribution in [1.29, 1.82) is 0 Å². The molecule has 0 aromatic heterocycles. The van der Waals surface area contributed by atoms with Gasteiger partial charge in [-0.3, -0.25) is 9.59 Å². The highest BCUT2D eigenvalue weighted by Crippen LogP contribution is 2.30. The maximum Gasteiger partial charge on any atom is 0.316 e. The number of halogens is 2. The van der Waals surface area contributed by atoms with Crippen molar-refractivity contribution in [3.8, 4) is 5.75 Å². The highest BCUT2D eigenvalue weighted by Gasteiger charge is 2.42. The molecule has 0 spiro atoms. The lowest BCUT2D eigenvalue weighted by molar-refractivity contribution is -0.148. The van der Waals surface area contributed by atoms with Gasteiger partial charge >= 0.3 is 5.97 Å². The van der Waals surface area contributed by atoms with Crippen LogP contribution in [0.25, 0.3) is 0 Å². The molecule has 1 fully saturated rings. The highest BCUT2D eigenvalue weighted by atomic mass is 35.5. The molecule has 2 aromatic rings. The van der Waals surface area contributed by atoms with Gasteiger partial charge in [0.05, 0.1) is 17.0 Å². The number of carboxylic acids is 1. The van der Waals surface area contributed by atoms with E-state index in [1.807, 2.05) is 0 Å². The Balaban J connectivity index is 2.05. The number of Topliss-reactive ketones (excluding diaryl/α,β-unsaturated/α-hetero) is 1. The minimum Gasteiger partial charge on any atom is -0.508 e. The number of carbonyl (C=O) groups is 2. The monoisotopic (exact) mass is 486 g/mol. The van der Waals surface area contributed by atoms with Crippen LogP contribution in [0.15, 0.2) is 47.4 Å². The first-order chi connectivity index (χ1) is 14.6. The SMILES string of the molecule is O=C(O)[C@H](C(=O)[C@@H]1CCCN1)[C@H](NS(=O)(=O)c1cc(Cl)cc(Cl)c1)c1ccc(O)cc1. The van der Waals surface area contributed by atoms with Crippen molar-refractivity contribution < 1.29 is 28.2 Å². The minimum absolute atomic E-state index is 0.0788. The topological polar surface area (TPSA) is 133 Å². The molecule has 1 saturated heterocycles. The number of carbonyl (C=O) groups excluding carboxylic acids is 1. The Hall–Kier alpha value is -2.17. The predicted octanol–water partition coefficient (Wildman–Crippen LogP) is 2.74. The first-order valence-electron chi connectivity index (χ1n) is 9.36. The molecule has 1 heterocycles. The first kappa shape index (κ1) is 23.5. The molecule has 4 N–H and O–H groups in total. The minimum atomic E-state index is -4.32. The molecule has 0 aliphatic carbocycles. The average molecular weight is 487 g/mol. The Labute approximate surface area is 189 Å². The molecule has 0 bridgehead atoms. The largest absolute Gasteiger partial charge is 0.508 e. The van der Waals surface area contributed by atoms with Gasteiger partial charge in [0.25, 0.3) is 0 Å². The van der Waals surface area contributed by atoms with Crippen molar-refractivity contribution in [2.24, 2.45) is 5.92 Å². The number of hydrogen-bond donors (Lipinski definition) is 4. The summed E-state index contributed by atoms with van der Waals surface area (Å²) in [5.41, 5.74) is 0.202. The number of phenolic OH excluding ortho intramolecular Hbond substituents is 1. The summed E-state index contributed by atoms with van der Waals surface area (Å²) in [5.74, 6) is -3.90. The van der Waals surface area contributed by atoms with Crippen molar-refractivity contribution in [3.05, 3.63) is 58.1 Å². The molecule has 3 rings (SSSR count). The van der Waals surface area contributed by atoms with Gasteiger partial charge in [-0.2, -0.15) is 0 Å². The Morgan fingerprint density at radius 2 is 1.71 bits per heavy atom. The molecule has 0 amide bonds. The molecule has 1 aliphatic rings. The second kappa shape index (κ2) is 9.54. The van der Waals surface area contributed by atoms with Crippen LogP contribution in [0.1, 0.15) is 24.4 Å². The van der Waals surface area contributed by atoms with Crippen LogP contribution < -0.4 is 10.0 Å². The lowest BCUT2D eigenvalue weighted by atomic mass is 9.86. The fourth-order valence-corrected chi connectivity index (χ4v) is 5.46. The zero-order valence-corrected chi connectivity index (χ0v) is 18.4. The average Bonchev–Trinajstić information content (AvgIpc) is 3.22. The van der Waals surface area contributed by atoms with Gasteiger partial charge in [-0.05, 0) is 55.3 Å². The third-order valence-corrected chi connectivity index (χ3v) is 6.85. The van der Waals surface area contributed by atoms with Crippen LogP contribution in [0.5, 0.6) is 5.75 Å². The smallest absolute Gasteiger partial charge is 0.316 e. The number of sulfonamides is 1. The van der Waals surface area contributed by atoms with Gasteiger partial charge in [-0.1, -0.05) is 35.3 Å². The van der Waals surface area contributed by atoms with Crippen LogP contribution in [0.3, 0.4) is 0 Å². The standard InChI is InChI=1S/C20H20Cl2N2O6S/c21-12-8-13(22)10-15(9-12)31(29,30)24-18(11-3-5-14(25)6-4-11)17(20(27)28)19(26)16-2-1-7-23-16/h3-6,8-10,16-18,23-25H,1-2,7H2,(H,27,28)/t16-,17-,18+/m0/s1. The number of aromatic hydroxyl groups is 1. The summed E-state index contributed by atoms with van der Waals surface area (Å²) >= 11 is 11.8. The van der Waals surface area contributed by atoms with Crippen LogP contribution in [-0.4, -0.2) is 43.0 Å². The molecular weight excluding hydrogens is 467 g/mol. The van der Waals surface area contributed by atoms with Gasteiger partial charge in [0, 0.05) is 10.0 Å². The number of ketones is 1. The Bertz CT molecular complexity index is 1070. The lowest BCUT2D eigenvalue weighted by Gasteiger charge is -2.26. The fourth-order valence-electron chi connectivity index (χ4n) is 3.50. The number of rotatable bonds is 8. The number of carboxylic acid groups (broad SMARTS) is 1. The molecule has 0 unspecified atom stereocenters. The van der Waals surface area contributed by atoms with Gasteiger partial charge in [-0.25, -0.2) is 13.1 Å². The summed E-state index contributed by atoms with van der Waals surface area (Å²) in [6.07, 6.45) is 1.17. The number of benzene rings is 2. The third kappa shape index (κ3) is 5.55.